The Hall–Kier alpha value is -4.18. The van der Waals surface area contributed by atoms with E-state index in [4.69, 9.17) is 16.6 Å². The standard InChI is InChI=1S/C32H38ClN11O/c1-39-14-16-40(17-15-39)27-7-12-41(13-8-27)29(45)21-43-20-26(19-35-43)36-31-37-30-28(6-3-11-44(30)38-31)42-22-32(23-42,9-10-34)24-4-2-5-25(33)18-24/h2-6,11,18-20,27H,7-9,12-17,21-23H2,1H3,(H,36,38). The highest BCUT2D eigenvalue weighted by atomic mass is 35.5. The van der Waals surface area contributed by atoms with Crippen molar-refractivity contribution in [1.29, 1.82) is 5.26 Å². The van der Waals surface area contributed by atoms with E-state index < -0.39 is 0 Å². The number of amides is 1. The van der Waals surface area contributed by atoms with E-state index in [1.54, 1.807) is 15.4 Å². The van der Waals surface area contributed by atoms with E-state index in [1.165, 1.54) is 0 Å². The summed E-state index contributed by atoms with van der Waals surface area (Å²) in [5.74, 6) is 0.537. The van der Waals surface area contributed by atoms with E-state index in [9.17, 15) is 10.1 Å². The molecule has 4 aromatic rings. The van der Waals surface area contributed by atoms with Crippen LogP contribution in [0.1, 0.15) is 24.8 Å². The molecule has 3 saturated heterocycles. The van der Waals surface area contributed by atoms with Gasteiger partial charge in [0.25, 0.3) is 0 Å². The number of carbonyl (C=O) groups is 1. The van der Waals surface area contributed by atoms with Gasteiger partial charge in [-0.15, -0.1) is 5.10 Å². The quantitative estimate of drug-likeness (QED) is 0.315. The number of piperazine rings is 1. The topological polar surface area (TPSA) is 114 Å². The maximum absolute atomic E-state index is 13.1. The number of pyridine rings is 1. The summed E-state index contributed by atoms with van der Waals surface area (Å²) in [5.41, 5.74) is 3.19. The number of fused-ring (bicyclic) bond motifs is 1. The van der Waals surface area contributed by atoms with E-state index in [0.717, 1.165) is 69.0 Å². The number of nitrogens with one attached hydrogen (secondary N) is 1. The van der Waals surface area contributed by atoms with Gasteiger partial charge in [0.2, 0.25) is 11.9 Å². The Morgan fingerprint density at radius 2 is 1.91 bits per heavy atom. The molecule has 234 valence electrons. The number of piperidine rings is 1. The number of hydrogen-bond acceptors (Lipinski definition) is 9. The Morgan fingerprint density at radius 1 is 1.11 bits per heavy atom. The molecule has 3 aliphatic rings. The first kappa shape index (κ1) is 29.5. The van der Waals surface area contributed by atoms with Crippen molar-refractivity contribution in [3.8, 4) is 6.07 Å². The van der Waals surface area contributed by atoms with Crippen molar-refractivity contribution in [1.82, 2.24) is 39.1 Å². The Kier molecular flexibility index (Phi) is 8.08. The first-order chi connectivity index (χ1) is 21.9. The van der Waals surface area contributed by atoms with Crippen molar-refractivity contribution in [2.45, 2.75) is 37.3 Å². The van der Waals surface area contributed by atoms with Gasteiger partial charge in [0.05, 0.1) is 23.6 Å². The summed E-state index contributed by atoms with van der Waals surface area (Å²) in [4.78, 5) is 27.0. The number of nitriles is 1. The van der Waals surface area contributed by atoms with Crippen molar-refractivity contribution < 1.29 is 4.79 Å². The van der Waals surface area contributed by atoms with E-state index in [0.29, 0.717) is 42.2 Å². The Labute approximate surface area is 267 Å². The van der Waals surface area contributed by atoms with Crippen molar-refractivity contribution in [2.24, 2.45) is 0 Å². The normalized spacial score (nSPS) is 19.4. The van der Waals surface area contributed by atoms with Gasteiger partial charge >= 0.3 is 0 Å². The molecule has 1 N–H and O–H groups in total. The van der Waals surface area contributed by atoms with Gasteiger partial charge in [0, 0.05) is 87.7 Å². The Balaban J connectivity index is 0.966. The SMILES string of the molecule is CN1CCN(C2CCN(C(=O)Cn3cc(Nc4nc5c(N6CC(CC#N)(c7cccc(Cl)c7)C6)cccn5n4)cn3)CC2)CC1. The zero-order valence-corrected chi connectivity index (χ0v) is 26.3. The average molecular weight is 628 g/mol. The van der Waals surface area contributed by atoms with Crippen LogP contribution in [0.2, 0.25) is 5.02 Å². The zero-order valence-electron chi connectivity index (χ0n) is 25.5. The highest BCUT2D eigenvalue weighted by Gasteiger charge is 2.45. The second kappa shape index (κ2) is 12.3. The van der Waals surface area contributed by atoms with E-state index in [-0.39, 0.29) is 17.9 Å². The molecule has 0 saturated carbocycles. The lowest BCUT2D eigenvalue weighted by Crippen LogP contribution is -2.59. The third kappa shape index (κ3) is 6.08. The molecular formula is C32H38ClN11O. The van der Waals surface area contributed by atoms with Crippen molar-refractivity contribution >= 4 is 40.5 Å². The molecule has 6 heterocycles. The van der Waals surface area contributed by atoms with Gasteiger partial charge < -0.3 is 20.0 Å². The number of anilines is 3. The van der Waals surface area contributed by atoms with Crippen LogP contribution in [0.3, 0.4) is 0 Å². The molecule has 13 heteroatoms. The lowest BCUT2D eigenvalue weighted by atomic mass is 9.71. The first-order valence-electron chi connectivity index (χ1n) is 15.6. The molecule has 3 aliphatic heterocycles. The second-order valence-corrected chi connectivity index (χ2v) is 13.0. The third-order valence-electron chi connectivity index (χ3n) is 9.58. The summed E-state index contributed by atoms with van der Waals surface area (Å²) in [5, 5.41) is 22.5. The third-order valence-corrected chi connectivity index (χ3v) is 9.82. The fourth-order valence-corrected chi connectivity index (χ4v) is 7.15. The van der Waals surface area contributed by atoms with Crippen molar-refractivity contribution in [2.75, 3.05) is 69.6 Å². The van der Waals surface area contributed by atoms with Gasteiger partial charge in [-0.25, -0.2) is 4.52 Å². The van der Waals surface area contributed by atoms with Gasteiger partial charge in [-0.3, -0.25) is 14.4 Å². The van der Waals surface area contributed by atoms with Crippen LogP contribution in [0.4, 0.5) is 17.3 Å². The molecule has 45 heavy (non-hydrogen) atoms. The highest BCUT2D eigenvalue weighted by Crippen LogP contribution is 2.42. The summed E-state index contributed by atoms with van der Waals surface area (Å²) < 4.78 is 3.42. The minimum atomic E-state index is -0.278. The molecule has 1 amide bonds. The van der Waals surface area contributed by atoms with E-state index in [2.05, 4.69) is 43.3 Å². The molecule has 12 nitrogen and oxygen atoms in total. The van der Waals surface area contributed by atoms with Crippen LogP contribution in [-0.4, -0.2) is 110 Å². The van der Waals surface area contributed by atoms with Crippen LogP contribution >= 0.6 is 11.6 Å². The number of aromatic nitrogens is 5. The average Bonchev–Trinajstić information content (AvgIpc) is 3.65. The molecule has 3 fully saturated rings. The fraction of sp³-hybridized carbons (Fsp3) is 0.469. The van der Waals surface area contributed by atoms with Crippen LogP contribution in [-0.2, 0) is 16.8 Å². The summed E-state index contributed by atoms with van der Waals surface area (Å²) >= 11 is 6.28. The molecule has 7 rings (SSSR count). The molecule has 0 unspecified atom stereocenters. The lowest BCUT2D eigenvalue weighted by molar-refractivity contribution is -0.133. The molecule has 0 radical (unpaired) electrons. The first-order valence-corrected chi connectivity index (χ1v) is 16.0. The molecule has 0 atom stereocenters. The monoisotopic (exact) mass is 627 g/mol. The number of carbonyl (C=O) groups excluding carboxylic acids is 1. The van der Waals surface area contributed by atoms with Crippen LogP contribution in [0.15, 0.2) is 55.0 Å². The largest absolute Gasteiger partial charge is 0.366 e. The minimum Gasteiger partial charge on any atom is -0.366 e. The molecular weight excluding hydrogens is 590 g/mol. The molecule has 1 aromatic carbocycles. The predicted molar refractivity (Wildman–Crippen MR) is 173 cm³/mol. The predicted octanol–water partition coefficient (Wildman–Crippen LogP) is 3.23. The van der Waals surface area contributed by atoms with Gasteiger partial charge in [0.15, 0.2) is 5.65 Å². The number of rotatable bonds is 8. The number of likely N-dealkylation sites (N-methyl/N-ethyl adjacent to an activating group) is 1. The number of nitrogens with zero attached hydrogens (tertiary/aromatic N) is 10. The van der Waals surface area contributed by atoms with Crippen molar-refractivity contribution in [3.05, 3.63) is 65.6 Å². The summed E-state index contributed by atoms with van der Waals surface area (Å²) in [6.45, 7) is 7.64. The van der Waals surface area contributed by atoms with Crippen LogP contribution in [0.5, 0.6) is 0 Å². The summed E-state index contributed by atoms with van der Waals surface area (Å²) in [6, 6.07) is 14.7. The molecule has 0 spiro atoms. The second-order valence-electron chi connectivity index (χ2n) is 12.6. The molecule has 3 aromatic heterocycles. The molecule has 0 bridgehead atoms. The van der Waals surface area contributed by atoms with Crippen LogP contribution < -0.4 is 10.2 Å². The number of benzene rings is 1. The van der Waals surface area contributed by atoms with E-state index >= 15 is 0 Å². The van der Waals surface area contributed by atoms with Gasteiger partial charge in [-0.2, -0.15) is 15.3 Å². The summed E-state index contributed by atoms with van der Waals surface area (Å²) in [6.07, 6.45) is 7.84. The smallest absolute Gasteiger partial charge is 0.247 e. The van der Waals surface area contributed by atoms with Crippen LogP contribution in [0.25, 0.3) is 5.65 Å². The lowest BCUT2D eigenvalue weighted by Gasteiger charge is -2.50. The molecule has 0 aliphatic carbocycles. The van der Waals surface area contributed by atoms with E-state index in [1.807, 2.05) is 53.7 Å². The zero-order chi connectivity index (χ0) is 31.0. The minimum absolute atomic E-state index is 0.0942. The number of halogens is 1. The number of likely N-dealkylation sites (tertiary alicyclic amines) is 1. The van der Waals surface area contributed by atoms with Crippen LogP contribution in [0, 0.1) is 11.3 Å². The van der Waals surface area contributed by atoms with Gasteiger partial charge in [-0.1, -0.05) is 23.7 Å². The maximum atomic E-state index is 13.1. The summed E-state index contributed by atoms with van der Waals surface area (Å²) in [7, 11) is 2.18. The maximum Gasteiger partial charge on any atom is 0.247 e. The fourth-order valence-electron chi connectivity index (χ4n) is 6.96. The Bertz CT molecular complexity index is 1710. The highest BCUT2D eigenvalue weighted by molar-refractivity contribution is 6.30. The Morgan fingerprint density at radius 3 is 2.67 bits per heavy atom. The van der Waals surface area contributed by atoms with Gasteiger partial charge in [-0.05, 0) is 49.7 Å². The van der Waals surface area contributed by atoms with Gasteiger partial charge in [0.1, 0.15) is 6.54 Å². The number of hydrogen-bond donors (Lipinski definition) is 1. The van der Waals surface area contributed by atoms with Crippen molar-refractivity contribution in [3.63, 3.8) is 0 Å².